The fraction of sp³-hybridized carbons (Fsp3) is 0.171. The number of aryl methyl sites for hydroxylation is 1. The fourth-order valence-corrected chi connectivity index (χ4v) is 6.21. The van der Waals surface area contributed by atoms with Gasteiger partial charge in [-0.2, -0.15) is 0 Å². The van der Waals surface area contributed by atoms with Gasteiger partial charge in [-0.25, -0.2) is 4.99 Å². The molecule has 7 rings (SSSR count). The van der Waals surface area contributed by atoms with Gasteiger partial charge in [0.15, 0.2) is 0 Å². The van der Waals surface area contributed by atoms with E-state index < -0.39 is 5.79 Å². The first-order valence-electron chi connectivity index (χ1n) is 13.6. The van der Waals surface area contributed by atoms with Gasteiger partial charge in [0.05, 0.1) is 5.52 Å². The van der Waals surface area contributed by atoms with Gasteiger partial charge in [-0.3, -0.25) is 4.57 Å². The van der Waals surface area contributed by atoms with E-state index in [1.807, 2.05) is 6.21 Å². The largest absolute Gasteiger partial charge is 0.347 e. The first-order chi connectivity index (χ1) is 18.7. The lowest BCUT2D eigenvalue weighted by Gasteiger charge is -2.37. The summed E-state index contributed by atoms with van der Waals surface area (Å²) in [7, 11) is 0. The molecule has 1 aromatic heterocycles. The summed E-state index contributed by atoms with van der Waals surface area (Å²) in [5.41, 5.74) is 10.3. The Morgan fingerprint density at radius 2 is 1.63 bits per heavy atom. The van der Waals surface area contributed by atoms with Crippen LogP contribution in [0.5, 0.6) is 0 Å². The normalized spacial score (nSPS) is 22.1. The number of allylic oxidation sites excluding steroid dienone is 6. The van der Waals surface area contributed by atoms with Crippen LogP contribution in [-0.2, 0) is 12.2 Å². The van der Waals surface area contributed by atoms with E-state index >= 15 is 0 Å². The van der Waals surface area contributed by atoms with Crippen molar-refractivity contribution >= 4 is 28.8 Å². The highest BCUT2D eigenvalue weighted by Crippen LogP contribution is 2.38. The summed E-state index contributed by atoms with van der Waals surface area (Å²) >= 11 is 0. The predicted molar refractivity (Wildman–Crippen MR) is 160 cm³/mol. The highest BCUT2D eigenvalue weighted by atomic mass is 15.4. The number of hydrogen-bond acceptors (Lipinski definition) is 2. The average molecular weight is 494 g/mol. The van der Waals surface area contributed by atoms with Crippen LogP contribution in [0.3, 0.4) is 0 Å². The Kier molecular flexibility index (Phi) is 5.51. The van der Waals surface area contributed by atoms with Gasteiger partial charge in [-0.15, -0.1) is 0 Å². The van der Waals surface area contributed by atoms with Gasteiger partial charge in [0.1, 0.15) is 0 Å². The molecule has 3 heteroatoms. The summed E-state index contributed by atoms with van der Waals surface area (Å²) in [6, 6.07) is 28.3. The second-order valence-corrected chi connectivity index (χ2v) is 10.5. The number of rotatable bonds is 4. The highest BCUT2D eigenvalue weighted by Gasteiger charge is 2.34. The molecule has 2 atom stereocenters. The number of para-hydroxylation sites is 1. The molecule has 0 saturated carbocycles. The Morgan fingerprint density at radius 3 is 2.50 bits per heavy atom. The molecule has 2 heterocycles. The van der Waals surface area contributed by atoms with Gasteiger partial charge < -0.3 is 5.32 Å². The van der Waals surface area contributed by atoms with Gasteiger partial charge >= 0.3 is 0 Å². The van der Waals surface area contributed by atoms with Crippen molar-refractivity contribution in [2.75, 3.05) is 0 Å². The van der Waals surface area contributed by atoms with Crippen molar-refractivity contribution in [3.05, 3.63) is 132 Å². The molecule has 2 unspecified atom stereocenters. The highest BCUT2D eigenvalue weighted by molar-refractivity contribution is 5.89. The molecule has 1 N–H and O–H groups in total. The van der Waals surface area contributed by atoms with Gasteiger partial charge in [-0.1, -0.05) is 97.1 Å². The molecule has 0 amide bonds. The maximum absolute atomic E-state index is 5.00. The van der Waals surface area contributed by atoms with Crippen LogP contribution in [0.1, 0.15) is 36.6 Å². The lowest BCUT2D eigenvalue weighted by Crippen LogP contribution is -2.46. The minimum absolute atomic E-state index is 0.267. The molecule has 3 aromatic carbocycles. The molecule has 0 radical (unpaired) electrons. The average Bonchev–Trinajstić information content (AvgIpc) is 3.33. The van der Waals surface area contributed by atoms with Crippen molar-refractivity contribution < 1.29 is 0 Å². The van der Waals surface area contributed by atoms with E-state index in [0.717, 1.165) is 19.3 Å². The van der Waals surface area contributed by atoms with E-state index in [4.69, 9.17) is 4.99 Å². The summed E-state index contributed by atoms with van der Waals surface area (Å²) in [5, 5.41) is 5.20. The van der Waals surface area contributed by atoms with E-state index in [2.05, 4.69) is 132 Å². The maximum atomic E-state index is 5.00. The predicted octanol–water partition coefficient (Wildman–Crippen LogP) is 8.12. The number of benzene rings is 3. The van der Waals surface area contributed by atoms with E-state index in [9.17, 15) is 0 Å². The molecular weight excluding hydrogens is 462 g/mol. The summed E-state index contributed by atoms with van der Waals surface area (Å²) in [6.07, 6.45) is 18.6. The Labute approximate surface area is 224 Å². The van der Waals surface area contributed by atoms with Crippen molar-refractivity contribution in [3.8, 4) is 11.1 Å². The number of aliphatic imine (C=N–C) groups is 1. The summed E-state index contributed by atoms with van der Waals surface area (Å²) in [6.45, 7) is 2.19. The molecule has 0 fully saturated rings. The molecule has 186 valence electrons. The quantitative estimate of drug-likeness (QED) is 0.306. The van der Waals surface area contributed by atoms with Crippen LogP contribution < -0.4 is 5.32 Å². The van der Waals surface area contributed by atoms with Gasteiger partial charge in [0, 0.05) is 28.9 Å². The van der Waals surface area contributed by atoms with Crippen LogP contribution in [0.2, 0.25) is 0 Å². The van der Waals surface area contributed by atoms with Crippen LogP contribution in [-0.4, -0.2) is 10.8 Å². The SMILES string of the molecule is CC1(n2c3c(c4ccccc42)CCC=C3)N=CC=C(C2C=CC=C(c3ccc(-c4ccccc4)cc3)C2)N1. The van der Waals surface area contributed by atoms with Crippen molar-refractivity contribution in [2.45, 2.75) is 32.0 Å². The van der Waals surface area contributed by atoms with Gasteiger partial charge in [0.25, 0.3) is 0 Å². The van der Waals surface area contributed by atoms with Crippen molar-refractivity contribution in [1.82, 2.24) is 9.88 Å². The second-order valence-electron chi connectivity index (χ2n) is 10.5. The lowest BCUT2D eigenvalue weighted by molar-refractivity contribution is 0.278. The summed E-state index contributed by atoms with van der Waals surface area (Å²) in [4.78, 5) is 5.00. The third-order valence-corrected chi connectivity index (χ3v) is 8.10. The third kappa shape index (κ3) is 3.86. The van der Waals surface area contributed by atoms with Crippen molar-refractivity contribution in [2.24, 2.45) is 10.9 Å². The molecule has 0 bridgehead atoms. The fourth-order valence-electron chi connectivity index (χ4n) is 6.21. The molecule has 4 aromatic rings. The zero-order valence-electron chi connectivity index (χ0n) is 21.6. The molecule has 1 aliphatic heterocycles. The summed E-state index contributed by atoms with van der Waals surface area (Å²) < 4.78 is 2.39. The Morgan fingerprint density at radius 1 is 0.868 bits per heavy atom. The Hall–Kier alpha value is -4.37. The number of hydrogen-bond donors (Lipinski definition) is 1. The Bertz CT molecular complexity index is 1660. The zero-order valence-corrected chi connectivity index (χ0v) is 21.6. The van der Waals surface area contributed by atoms with Crippen LogP contribution in [0.4, 0.5) is 0 Å². The minimum atomic E-state index is -0.592. The Balaban J connectivity index is 1.16. The minimum Gasteiger partial charge on any atom is -0.347 e. The standard InChI is InChI=1S/C35H31N3/c1-35(38-33-16-7-5-14-30(33)31-15-6-8-17-34(31)38)36-23-22-32(37-35)29-13-9-12-28(24-29)27-20-18-26(19-21-27)25-10-3-2-4-11-25/h2-5,7-14,16-23,29,37H,6,15,24H2,1H3. The lowest BCUT2D eigenvalue weighted by atomic mass is 9.87. The van der Waals surface area contributed by atoms with E-state index in [0.29, 0.717) is 0 Å². The molecule has 3 nitrogen and oxygen atoms in total. The number of nitrogens with one attached hydrogen (secondary N) is 1. The topological polar surface area (TPSA) is 29.3 Å². The first-order valence-corrected chi connectivity index (χ1v) is 13.6. The second kappa shape index (κ2) is 9.18. The van der Waals surface area contributed by atoms with E-state index in [-0.39, 0.29) is 5.92 Å². The van der Waals surface area contributed by atoms with Gasteiger partial charge in [0.2, 0.25) is 5.79 Å². The van der Waals surface area contributed by atoms with Crippen LogP contribution in [0, 0.1) is 5.92 Å². The number of aromatic nitrogens is 1. The van der Waals surface area contributed by atoms with E-state index in [1.54, 1.807) is 0 Å². The first kappa shape index (κ1) is 22.8. The van der Waals surface area contributed by atoms with E-state index in [1.165, 1.54) is 50.1 Å². The van der Waals surface area contributed by atoms with Crippen LogP contribution >= 0.6 is 0 Å². The summed E-state index contributed by atoms with van der Waals surface area (Å²) in [5.74, 6) is -0.325. The monoisotopic (exact) mass is 493 g/mol. The van der Waals surface area contributed by atoms with Crippen molar-refractivity contribution in [1.29, 1.82) is 0 Å². The number of nitrogens with zero attached hydrogens (tertiary/aromatic N) is 2. The van der Waals surface area contributed by atoms with Crippen LogP contribution in [0.15, 0.2) is 120 Å². The molecule has 0 spiro atoms. The molecular formula is C35H31N3. The maximum Gasteiger partial charge on any atom is 0.208 e. The van der Waals surface area contributed by atoms with Gasteiger partial charge in [-0.05, 0) is 72.2 Å². The van der Waals surface area contributed by atoms with Crippen LogP contribution in [0.25, 0.3) is 33.7 Å². The third-order valence-electron chi connectivity index (χ3n) is 8.10. The number of fused-ring (bicyclic) bond motifs is 3. The smallest absolute Gasteiger partial charge is 0.208 e. The molecule has 2 aliphatic carbocycles. The zero-order chi connectivity index (χ0) is 25.5. The molecule has 3 aliphatic rings. The molecule has 38 heavy (non-hydrogen) atoms. The molecule has 0 saturated heterocycles. The van der Waals surface area contributed by atoms with Crippen molar-refractivity contribution in [3.63, 3.8) is 0 Å².